The molecule has 2 heterocycles. The lowest BCUT2D eigenvalue weighted by atomic mass is 10.2. The van der Waals surface area contributed by atoms with E-state index in [0.29, 0.717) is 42.9 Å². The zero-order valence-corrected chi connectivity index (χ0v) is 15.5. The Kier molecular flexibility index (Phi) is 5.13. The lowest BCUT2D eigenvalue weighted by Crippen LogP contribution is -2.38. The van der Waals surface area contributed by atoms with Crippen molar-refractivity contribution in [3.05, 3.63) is 69.1 Å². The monoisotopic (exact) mass is 398 g/mol. The first kappa shape index (κ1) is 18.9. The van der Waals surface area contributed by atoms with E-state index in [-0.39, 0.29) is 5.69 Å². The molecule has 0 bridgehead atoms. The van der Waals surface area contributed by atoms with Gasteiger partial charge in [-0.15, -0.1) is 0 Å². The van der Waals surface area contributed by atoms with E-state index in [1.54, 1.807) is 30.3 Å². The Morgan fingerprint density at radius 2 is 1.90 bits per heavy atom. The molecule has 2 aromatic carbocycles. The minimum absolute atomic E-state index is 0.252. The minimum atomic E-state index is -0.683. The van der Waals surface area contributed by atoms with E-state index < -0.39 is 29.5 Å². The number of fused-ring (bicyclic) bond motifs is 1. The number of carbonyl (C=O) groups is 1. The van der Waals surface area contributed by atoms with Gasteiger partial charge in [0.2, 0.25) is 5.91 Å². The van der Waals surface area contributed by atoms with Gasteiger partial charge in [0.15, 0.2) is 0 Å². The van der Waals surface area contributed by atoms with Crippen LogP contribution in [0.3, 0.4) is 0 Å². The molecule has 1 amide bonds. The SMILES string of the molecule is O=C(Cn1c(=O)[nH]c2ccccc2c1=O)Nc1cc(F)cc(N2CCOCC2)c1. The summed E-state index contributed by atoms with van der Waals surface area (Å²) >= 11 is 0. The maximum absolute atomic E-state index is 14.0. The number of anilines is 2. The van der Waals surface area contributed by atoms with Crippen LogP contribution in [0.1, 0.15) is 0 Å². The van der Waals surface area contributed by atoms with Crippen LogP contribution >= 0.6 is 0 Å². The van der Waals surface area contributed by atoms with Crippen LogP contribution in [0, 0.1) is 5.82 Å². The van der Waals surface area contributed by atoms with Crippen LogP contribution in [0.15, 0.2) is 52.1 Å². The van der Waals surface area contributed by atoms with Gasteiger partial charge in [-0.05, 0) is 30.3 Å². The van der Waals surface area contributed by atoms with Crippen LogP contribution in [-0.4, -0.2) is 41.8 Å². The molecule has 8 nitrogen and oxygen atoms in total. The Labute approximate surface area is 164 Å². The Balaban J connectivity index is 1.56. The highest BCUT2D eigenvalue weighted by Crippen LogP contribution is 2.22. The fraction of sp³-hybridized carbons (Fsp3) is 0.250. The summed E-state index contributed by atoms with van der Waals surface area (Å²) < 4.78 is 20.2. The largest absolute Gasteiger partial charge is 0.378 e. The number of aromatic amines is 1. The first-order chi connectivity index (χ1) is 14.0. The molecule has 0 unspecified atom stereocenters. The number of nitrogens with zero attached hydrogens (tertiary/aromatic N) is 2. The molecule has 2 N–H and O–H groups in total. The third kappa shape index (κ3) is 4.04. The normalized spacial score (nSPS) is 14.2. The van der Waals surface area contributed by atoms with Gasteiger partial charge >= 0.3 is 5.69 Å². The molecule has 1 aliphatic rings. The van der Waals surface area contributed by atoms with Gasteiger partial charge in [-0.25, -0.2) is 9.18 Å². The van der Waals surface area contributed by atoms with E-state index >= 15 is 0 Å². The van der Waals surface area contributed by atoms with Crippen molar-refractivity contribution in [1.29, 1.82) is 0 Å². The highest BCUT2D eigenvalue weighted by molar-refractivity contribution is 5.91. The van der Waals surface area contributed by atoms with Gasteiger partial charge in [0.1, 0.15) is 12.4 Å². The second-order valence-corrected chi connectivity index (χ2v) is 6.71. The number of rotatable bonds is 4. The summed E-state index contributed by atoms with van der Waals surface area (Å²) in [5.74, 6) is -1.10. The molecular weight excluding hydrogens is 379 g/mol. The summed E-state index contributed by atoms with van der Waals surface area (Å²) in [7, 11) is 0. The van der Waals surface area contributed by atoms with Gasteiger partial charge in [0.05, 0.1) is 24.1 Å². The van der Waals surface area contributed by atoms with Crippen LogP contribution in [-0.2, 0) is 16.1 Å². The van der Waals surface area contributed by atoms with E-state index in [0.717, 1.165) is 4.57 Å². The molecule has 0 saturated carbocycles. The Morgan fingerprint density at radius 1 is 1.14 bits per heavy atom. The van der Waals surface area contributed by atoms with Crippen LogP contribution in [0.25, 0.3) is 10.9 Å². The number of halogens is 1. The number of aromatic nitrogens is 2. The number of benzene rings is 2. The summed E-state index contributed by atoms with van der Waals surface area (Å²) in [5, 5.41) is 2.87. The van der Waals surface area contributed by atoms with Gasteiger partial charge in [-0.3, -0.25) is 14.2 Å². The maximum Gasteiger partial charge on any atom is 0.329 e. The molecule has 0 atom stereocenters. The highest BCUT2D eigenvalue weighted by atomic mass is 19.1. The Morgan fingerprint density at radius 3 is 2.69 bits per heavy atom. The Bertz CT molecular complexity index is 1180. The van der Waals surface area contributed by atoms with Gasteiger partial charge in [-0.2, -0.15) is 0 Å². The average molecular weight is 398 g/mol. The van der Waals surface area contributed by atoms with Crippen LogP contribution in [0.5, 0.6) is 0 Å². The molecule has 1 fully saturated rings. The molecule has 1 aromatic heterocycles. The first-order valence-corrected chi connectivity index (χ1v) is 9.16. The summed E-state index contributed by atoms with van der Waals surface area (Å²) in [5.41, 5.74) is 0.0374. The van der Waals surface area contributed by atoms with Crippen molar-refractivity contribution in [3.8, 4) is 0 Å². The van der Waals surface area contributed by atoms with Crippen LogP contribution < -0.4 is 21.5 Å². The number of nitrogens with one attached hydrogen (secondary N) is 2. The van der Waals surface area contributed by atoms with Crippen molar-refractivity contribution in [2.75, 3.05) is 36.5 Å². The third-order valence-corrected chi connectivity index (χ3v) is 4.73. The zero-order valence-electron chi connectivity index (χ0n) is 15.5. The molecule has 9 heteroatoms. The standard InChI is InChI=1S/C20H19FN4O4/c21-13-9-14(11-15(10-13)24-5-7-29-8-6-24)22-18(26)12-25-19(27)16-3-1-2-4-17(16)23-20(25)28/h1-4,9-11H,5-8,12H2,(H,22,26)(H,23,28). The number of ether oxygens (including phenoxy) is 1. The Hall–Kier alpha value is -3.46. The number of hydrogen-bond donors (Lipinski definition) is 2. The van der Waals surface area contributed by atoms with Crippen molar-refractivity contribution in [2.45, 2.75) is 6.54 Å². The van der Waals surface area contributed by atoms with Crippen molar-refractivity contribution >= 4 is 28.2 Å². The summed E-state index contributed by atoms with van der Waals surface area (Å²) in [6.07, 6.45) is 0. The summed E-state index contributed by atoms with van der Waals surface area (Å²) in [4.78, 5) is 41.7. The molecule has 0 aliphatic carbocycles. The van der Waals surface area contributed by atoms with Gasteiger partial charge in [-0.1, -0.05) is 12.1 Å². The second-order valence-electron chi connectivity index (χ2n) is 6.71. The van der Waals surface area contributed by atoms with Gasteiger partial charge in [0.25, 0.3) is 5.56 Å². The van der Waals surface area contributed by atoms with Crippen molar-refractivity contribution < 1.29 is 13.9 Å². The van der Waals surface area contributed by atoms with E-state index in [1.807, 2.05) is 4.90 Å². The molecule has 150 valence electrons. The quantitative estimate of drug-likeness (QED) is 0.691. The van der Waals surface area contributed by atoms with E-state index in [2.05, 4.69) is 10.3 Å². The fourth-order valence-electron chi connectivity index (χ4n) is 3.34. The smallest absolute Gasteiger partial charge is 0.329 e. The molecule has 0 radical (unpaired) electrons. The highest BCUT2D eigenvalue weighted by Gasteiger charge is 2.15. The zero-order chi connectivity index (χ0) is 20.4. The van der Waals surface area contributed by atoms with Crippen LogP contribution in [0.4, 0.5) is 15.8 Å². The van der Waals surface area contributed by atoms with Gasteiger partial charge in [0, 0.05) is 24.5 Å². The lowest BCUT2D eigenvalue weighted by Gasteiger charge is -2.29. The third-order valence-electron chi connectivity index (χ3n) is 4.73. The number of para-hydroxylation sites is 1. The number of carbonyl (C=O) groups excluding carboxylic acids is 1. The molecule has 1 saturated heterocycles. The first-order valence-electron chi connectivity index (χ1n) is 9.16. The topological polar surface area (TPSA) is 96.4 Å². The van der Waals surface area contributed by atoms with Gasteiger partial charge < -0.3 is 19.9 Å². The molecule has 29 heavy (non-hydrogen) atoms. The van der Waals surface area contributed by atoms with E-state index in [9.17, 15) is 18.8 Å². The van der Waals surface area contributed by atoms with E-state index in [1.165, 1.54) is 12.1 Å². The predicted molar refractivity (Wildman–Crippen MR) is 107 cm³/mol. The molecule has 1 aliphatic heterocycles. The average Bonchev–Trinajstić information content (AvgIpc) is 2.71. The maximum atomic E-state index is 14.0. The van der Waals surface area contributed by atoms with Crippen molar-refractivity contribution in [1.82, 2.24) is 9.55 Å². The van der Waals surface area contributed by atoms with E-state index in [4.69, 9.17) is 4.74 Å². The summed E-state index contributed by atoms with van der Waals surface area (Å²) in [6.45, 7) is 1.86. The van der Waals surface area contributed by atoms with Crippen LogP contribution in [0.2, 0.25) is 0 Å². The summed E-state index contributed by atoms with van der Waals surface area (Å²) in [6, 6.07) is 10.8. The number of morpholine rings is 1. The number of H-pyrrole nitrogens is 1. The number of amides is 1. The minimum Gasteiger partial charge on any atom is -0.378 e. The molecule has 4 rings (SSSR count). The predicted octanol–water partition coefficient (Wildman–Crippen LogP) is 1.30. The number of hydrogen-bond acceptors (Lipinski definition) is 5. The molecule has 0 spiro atoms. The van der Waals surface area contributed by atoms with Crippen molar-refractivity contribution in [3.63, 3.8) is 0 Å². The lowest BCUT2D eigenvalue weighted by molar-refractivity contribution is -0.116. The second kappa shape index (κ2) is 7.88. The molecule has 3 aromatic rings. The molecular formula is C20H19FN4O4. The van der Waals surface area contributed by atoms with Crippen molar-refractivity contribution in [2.24, 2.45) is 0 Å². The fourth-order valence-corrected chi connectivity index (χ4v) is 3.34.